The van der Waals surface area contributed by atoms with E-state index in [1.54, 1.807) is 16.8 Å². The van der Waals surface area contributed by atoms with Gasteiger partial charge in [0.2, 0.25) is 0 Å². The van der Waals surface area contributed by atoms with Crippen LogP contribution in [0.2, 0.25) is 5.15 Å². The van der Waals surface area contributed by atoms with E-state index in [9.17, 15) is 4.39 Å². The van der Waals surface area contributed by atoms with Crippen LogP contribution in [-0.4, -0.2) is 9.78 Å². The van der Waals surface area contributed by atoms with Crippen molar-refractivity contribution in [3.05, 3.63) is 52.1 Å². The molecule has 0 saturated heterocycles. The van der Waals surface area contributed by atoms with Crippen LogP contribution in [0.4, 0.5) is 4.39 Å². The highest BCUT2D eigenvalue weighted by Crippen LogP contribution is 2.21. The molecule has 0 saturated carbocycles. The van der Waals surface area contributed by atoms with Crippen LogP contribution >= 0.6 is 11.6 Å². The molecule has 0 aliphatic rings. The number of halogens is 2. The molecule has 0 atom stereocenters. The number of aromatic nitrogens is 2. The van der Waals surface area contributed by atoms with E-state index in [1.807, 2.05) is 6.92 Å². The Balaban J connectivity index is 2.33. The van der Waals surface area contributed by atoms with E-state index in [-0.39, 0.29) is 5.82 Å². The molecule has 0 N–H and O–H groups in total. The molecular weight excluding hydrogens is 265 g/mol. The Hall–Kier alpha value is -1.86. The maximum absolute atomic E-state index is 13.1. The van der Waals surface area contributed by atoms with Crippen LogP contribution in [0.3, 0.4) is 0 Å². The SMILES string of the molecule is CCCc1nn(Cc2cccc(F)c2)c(Cl)c1C#N. The molecule has 0 fully saturated rings. The molecular formula is C14H13ClFN3. The highest BCUT2D eigenvalue weighted by atomic mass is 35.5. The van der Waals surface area contributed by atoms with Gasteiger partial charge in [-0.15, -0.1) is 0 Å². The fraction of sp³-hybridized carbons (Fsp3) is 0.286. The molecule has 3 nitrogen and oxygen atoms in total. The summed E-state index contributed by atoms with van der Waals surface area (Å²) in [6.07, 6.45) is 1.60. The number of hydrogen-bond donors (Lipinski definition) is 0. The van der Waals surface area contributed by atoms with Gasteiger partial charge < -0.3 is 0 Å². The lowest BCUT2D eigenvalue weighted by Crippen LogP contribution is -2.02. The minimum Gasteiger partial charge on any atom is -0.248 e. The average Bonchev–Trinajstić information content (AvgIpc) is 2.66. The molecule has 0 aliphatic carbocycles. The van der Waals surface area contributed by atoms with Crippen molar-refractivity contribution in [3.63, 3.8) is 0 Å². The van der Waals surface area contributed by atoms with Gasteiger partial charge in [-0.2, -0.15) is 10.4 Å². The smallest absolute Gasteiger partial charge is 0.145 e. The third kappa shape index (κ3) is 2.94. The highest BCUT2D eigenvalue weighted by molar-refractivity contribution is 6.30. The Morgan fingerprint density at radius 3 is 2.89 bits per heavy atom. The van der Waals surface area contributed by atoms with Gasteiger partial charge in [0.1, 0.15) is 22.6 Å². The Labute approximate surface area is 116 Å². The van der Waals surface area contributed by atoms with Crippen molar-refractivity contribution in [1.82, 2.24) is 9.78 Å². The van der Waals surface area contributed by atoms with Gasteiger partial charge in [-0.1, -0.05) is 37.1 Å². The van der Waals surface area contributed by atoms with Crippen molar-refractivity contribution in [1.29, 1.82) is 5.26 Å². The normalized spacial score (nSPS) is 10.4. The second-order valence-corrected chi connectivity index (χ2v) is 4.62. The lowest BCUT2D eigenvalue weighted by atomic mass is 10.2. The van der Waals surface area contributed by atoms with Gasteiger partial charge in [0, 0.05) is 0 Å². The van der Waals surface area contributed by atoms with Crippen LogP contribution < -0.4 is 0 Å². The van der Waals surface area contributed by atoms with Crippen molar-refractivity contribution in [2.45, 2.75) is 26.3 Å². The molecule has 0 amide bonds. The first-order chi connectivity index (χ1) is 9.15. The molecule has 0 spiro atoms. The van der Waals surface area contributed by atoms with Gasteiger partial charge >= 0.3 is 0 Å². The van der Waals surface area contributed by atoms with E-state index < -0.39 is 0 Å². The molecule has 1 aromatic carbocycles. The predicted octanol–water partition coefficient (Wildman–Crippen LogP) is 3.55. The minimum absolute atomic E-state index is 0.296. The Kier molecular flexibility index (Phi) is 4.18. The maximum atomic E-state index is 13.1. The molecule has 2 rings (SSSR count). The molecule has 1 heterocycles. The van der Waals surface area contributed by atoms with Crippen molar-refractivity contribution in [2.75, 3.05) is 0 Å². The number of hydrogen-bond acceptors (Lipinski definition) is 2. The first-order valence-corrected chi connectivity index (χ1v) is 6.43. The van der Waals surface area contributed by atoms with Crippen molar-refractivity contribution in [3.8, 4) is 6.07 Å². The minimum atomic E-state index is -0.296. The number of nitrogens with zero attached hydrogens (tertiary/aromatic N) is 3. The van der Waals surface area contributed by atoms with Gasteiger partial charge in [-0.25, -0.2) is 9.07 Å². The van der Waals surface area contributed by atoms with Gasteiger partial charge in [-0.3, -0.25) is 0 Å². The fourth-order valence-electron chi connectivity index (χ4n) is 1.92. The summed E-state index contributed by atoms with van der Waals surface area (Å²) in [5.74, 6) is -0.296. The molecule has 0 aliphatic heterocycles. The number of benzene rings is 1. The summed E-state index contributed by atoms with van der Waals surface area (Å²) in [6.45, 7) is 2.37. The summed E-state index contributed by atoms with van der Waals surface area (Å²) in [5.41, 5.74) is 1.88. The second-order valence-electron chi connectivity index (χ2n) is 4.26. The molecule has 0 bridgehead atoms. The highest BCUT2D eigenvalue weighted by Gasteiger charge is 2.15. The van der Waals surface area contributed by atoms with Gasteiger partial charge in [-0.05, 0) is 24.1 Å². The molecule has 0 radical (unpaired) electrons. The standard InChI is InChI=1S/C14H13ClFN3/c1-2-4-13-12(8-17)14(15)19(18-13)9-10-5-3-6-11(16)7-10/h3,5-7H,2,4,9H2,1H3. The van der Waals surface area contributed by atoms with E-state index in [1.165, 1.54) is 12.1 Å². The Morgan fingerprint density at radius 2 is 2.26 bits per heavy atom. The van der Waals surface area contributed by atoms with Crippen molar-refractivity contribution >= 4 is 11.6 Å². The van der Waals surface area contributed by atoms with E-state index in [0.717, 1.165) is 12.0 Å². The molecule has 98 valence electrons. The zero-order valence-electron chi connectivity index (χ0n) is 10.5. The number of rotatable bonds is 4. The third-order valence-corrected chi connectivity index (χ3v) is 3.17. The molecule has 5 heteroatoms. The zero-order valence-corrected chi connectivity index (χ0v) is 11.3. The van der Waals surface area contributed by atoms with Crippen LogP contribution in [0, 0.1) is 17.1 Å². The van der Waals surface area contributed by atoms with Gasteiger partial charge in [0.05, 0.1) is 12.2 Å². The predicted molar refractivity (Wildman–Crippen MR) is 71.4 cm³/mol. The van der Waals surface area contributed by atoms with Gasteiger partial charge in [0.15, 0.2) is 0 Å². The lowest BCUT2D eigenvalue weighted by Gasteiger charge is -2.03. The van der Waals surface area contributed by atoms with Crippen LogP contribution in [0.1, 0.15) is 30.2 Å². The first kappa shape index (κ1) is 13.6. The van der Waals surface area contributed by atoms with Gasteiger partial charge in [0.25, 0.3) is 0 Å². The third-order valence-electron chi connectivity index (χ3n) is 2.78. The second kappa shape index (κ2) is 5.85. The maximum Gasteiger partial charge on any atom is 0.145 e. The first-order valence-electron chi connectivity index (χ1n) is 6.05. The Morgan fingerprint density at radius 1 is 1.47 bits per heavy atom. The largest absolute Gasteiger partial charge is 0.248 e. The molecule has 0 unspecified atom stereocenters. The quantitative estimate of drug-likeness (QED) is 0.858. The summed E-state index contributed by atoms with van der Waals surface area (Å²) in [5, 5.41) is 13.8. The summed E-state index contributed by atoms with van der Waals surface area (Å²) < 4.78 is 14.7. The summed E-state index contributed by atoms with van der Waals surface area (Å²) in [6, 6.07) is 8.33. The summed E-state index contributed by atoms with van der Waals surface area (Å²) in [7, 11) is 0. The van der Waals surface area contributed by atoms with E-state index in [4.69, 9.17) is 16.9 Å². The molecule has 2 aromatic rings. The van der Waals surface area contributed by atoms with Crippen molar-refractivity contribution in [2.24, 2.45) is 0 Å². The van der Waals surface area contributed by atoms with E-state index >= 15 is 0 Å². The molecule has 19 heavy (non-hydrogen) atoms. The zero-order chi connectivity index (χ0) is 13.8. The number of aryl methyl sites for hydroxylation is 1. The van der Waals surface area contributed by atoms with E-state index in [2.05, 4.69) is 11.2 Å². The van der Waals surface area contributed by atoms with Crippen LogP contribution in [-0.2, 0) is 13.0 Å². The molecule has 1 aromatic heterocycles. The summed E-state index contributed by atoms with van der Waals surface area (Å²) >= 11 is 6.14. The van der Waals surface area contributed by atoms with Crippen molar-refractivity contribution < 1.29 is 4.39 Å². The van der Waals surface area contributed by atoms with E-state index in [0.29, 0.717) is 29.4 Å². The van der Waals surface area contributed by atoms with Crippen LogP contribution in [0.25, 0.3) is 0 Å². The average molecular weight is 278 g/mol. The lowest BCUT2D eigenvalue weighted by molar-refractivity contribution is 0.618. The topological polar surface area (TPSA) is 41.6 Å². The monoisotopic (exact) mass is 277 g/mol. The fourth-order valence-corrected chi connectivity index (χ4v) is 2.17. The van der Waals surface area contributed by atoms with Crippen LogP contribution in [0.5, 0.6) is 0 Å². The van der Waals surface area contributed by atoms with Crippen LogP contribution in [0.15, 0.2) is 24.3 Å². The number of nitriles is 1. The Bertz CT molecular complexity index is 628. The summed E-state index contributed by atoms with van der Waals surface area (Å²) in [4.78, 5) is 0.